The number of anilines is 1. The minimum absolute atomic E-state index is 0. The number of benzene rings is 1. The third kappa shape index (κ3) is 2.34. The van der Waals surface area contributed by atoms with E-state index < -0.39 is 11.3 Å². The Kier molecular flexibility index (Phi) is 3.16. The van der Waals surface area contributed by atoms with Gasteiger partial charge in [-0.25, -0.2) is 4.98 Å². The first-order chi connectivity index (χ1) is 11.6. The van der Waals surface area contributed by atoms with Crippen LogP contribution in [0.15, 0.2) is 36.5 Å². The maximum Gasteiger partial charge on any atom is 0.250 e. The first kappa shape index (κ1) is 14.5. The van der Waals surface area contributed by atoms with E-state index in [1.54, 1.807) is 6.07 Å². The summed E-state index contributed by atoms with van der Waals surface area (Å²) in [5.74, 6) is 1.06. The van der Waals surface area contributed by atoms with Crippen molar-refractivity contribution in [1.82, 2.24) is 4.98 Å². The smallest absolute Gasteiger partial charge is 0.250 e. The van der Waals surface area contributed by atoms with Crippen LogP contribution >= 0.6 is 0 Å². The number of pyridine rings is 1. The van der Waals surface area contributed by atoms with Gasteiger partial charge in [0.15, 0.2) is 11.5 Å². The number of nitrogens with zero attached hydrogens (tertiary/aromatic N) is 1. The van der Waals surface area contributed by atoms with Gasteiger partial charge in [-0.15, -0.1) is 0 Å². The van der Waals surface area contributed by atoms with Gasteiger partial charge in [0.05, 0.1) is 11.0 Å². The fraction of sp³-hybridized carbons (Fsp3) is 0.235. The number of carbonyl (C=O) groups is 2. The van der Waals surface area contributed by atoms with E-state index in [-0.39, 0.29) is 14.1 Å². The Hall–Kier alpha value is -3.09. The molecule has 7 heteroatoms. The second-order valence-electron chi connectivity index (χ2n) is 5.90. The Morgan fingerprint density at radius 2 is 1.96 bits per heavy atom. The van der Waals surface area contributed by atoms with E-state index in [2.05, 4.69) is 10.3 Å². The van der Waals surface area contributed by atoms with Crippen LogP contribution in [0.3, 0.4) is 0 Å². The van der Waals surface area contributed by atoms with Gasteiger partial charge in [-0.05, 0) is 42.7 Å². The zero-order valence-electron chi connectivity index (χ0n) is 12.7. The van der Waals surface area contributed by atoms with Crippen LogP contribution in [-0.2, 0) is 10.2 Å². The van der Waals surface area contributed by atoms with Crippen LogP contribution in [-0.4, -0.2) is 23.6 Å². The van der Waals surface area contributed by atoms with Gasteiger partial charge < -0.3 is 20.5 Å². The highest BCUT2D eigenvalue weighted by atomic mass is 16.7. The molecule has 0 bridgehead atoms. The largest absolute Gasteiger partial charge is 0.454 e. The zero-order valence-corrected chi connectivity index (χ0v) is 12.7. The highest BCUT2D eigenvalue weighted by Crippen LogP contribution is 2.51. The first-order valence-electron chi connectivity index (χ1n) is 7.56. The maximum absolute atomic E-state index is 12.7. The summed E-state index contributed by atoms with van der Waals surface area (Å²) in [5.41, 5.74) is 5.81. The molecule has 1 aromatic carbocycles. The van der Waals surface area contributed by atoms with Gasteiger partial charge in [-0.2, -0.15) is 0 Å². The monoisotopic (exact) mass is 327 g/mol. The fourth-order valence-electron chi connectivity index (χ4n) is 2.82. The van der Waals surface area contributed by atoms with Crippen molar-refractivity contribution in [1.29, 1.82) is 0 Å². The number of hydrogen-bond acceptors (Lipinski definition) is 5. The molecule has 24 heavy (non-hydrogen) atoms. The van der Waals surface area contributed by atoms with Crippen LogP contribution in [0.1, 0.15) is 30.2 Å². The van der Waals surface area contributed by atoms with Crippen molar-refractivity contribution in [2.45, 2.75) is 18.3 Å². The molecule has 1 aromatic heterocycles. The molecule has 0 spiro atoms. The van der Waals surface area contributed by atoms with Gasteiger partial charge in [-0.3, -0.25) is 9.59 Å². The van der Waals surface area contributed by atoms with Crippen LogP contribution in [0.4, 0.5) is 5.82 Å². The summed E-state index contributed by atoms with van der Waals surface area (Å²) >= 11 is 0. The molecule has 1 saturated carbocycles. The van der Waals surface area contributed by atoms with Gasteiger partial charge in [0.2, 0.25) is 18.6 Å². The van der Waals surface area contributed by atoms with Gasteiger partial charge in [0.25, 0.3) is 0 Å². The first-order valence-corrected chi connectivity index (χ1v) is 7.56. The molecule has 2 aromatic rings. The Balaban J connectivity index is 0.00000182. The standard InChI is InChI=1S/C17H15N3O4.H2/c18-15(21)10-1-4-14(19-8-10)20-16(22)17(5-6-17)11-2-3-12-13(7-11)24-9-23-12;/h1-4,7-8H,5-6,9H2,(H2,18,21)(H,19,20,22);1H. The van der Waals surface area contributed by atoms with Crippen molar-refractivity contribution < 1.29 is 20.5 Å². The summed E-state index contributed by atoms with van der Waals surface area (Å²) in [6.07, 6.45) is 2.87. The van der Waals surface area contributed by atoms with Crippen molar-refractivity contribution in [2.24, 2.45) is 5.73 Å². The Morgan fingerprint density at radius 3 is 2.62 bits per heavy atom. The van der Waals surface area contributed by atoms with E-state index >= 15 is 0 Å². The van der Waals surface area contributed by atoms with Crippen molar-refractivity contribution in [3.05, 3.63) is 47.7 Å². The molecule has 2 aliphatic rings. The molecule has 2 heterocycles. The lowest BCUT2D eigenvalue weighted by atomic mass is 9.94. The summed E-state index contributed by atoms with van der Waals surface area (Å²) in [5, 5.41) is 2.80. The fourth-order valence-corrected chi connectivity index (χ4v) is 2.82. The lowest BCUT2D eigenvalue weighted by Gasteiger charge is -2.16. The number of primary amides is 1. The number of fused-ring (bicyclic) bond motifs is 1. The number of rotatable bonds is 4. The topological polar surface area (TPSA) is 104 Å². The highest BCUT2D eigenvalue weighted by Gasteiger charge is 2.51. The van der Waals surface area contributed by atoms with Crippen molar-refractivity contribution in [3.63, 3.8) is 0 Å². The molecule has 3 N–H and O–H groups in total. The Bertz CT molecular complexity index is 834. The number of amides is 2. The lowest BCUT2D eigenvalue weighted by Crippen LogP contribution is -2.28. The third-order valence-corrected chi connectivity index (χ3v) is 4.40. The summed E-state index contributed by atoms with van der Waals surface area (Å²) in [7, 11) is 0. The van der Waals surface area contributed by atoms with Crippen molar-refractivity contribution in [3.8, 4) is 11.5 Å². The lowest BCUT2D eigenvalue weighted by molar-refractivity contribution is -0.118. The molecule has 1 fully saturated rings. The average Bonchev–Trinajstić information content (AvgIpc) is 3.27. The number of ether oxygens (including phenoxy) is 2. The minimum Gasteiger partial charge on any atom is -0.454 e. The van der Waals surface area contributed by atoms with E-state index in [0.717, 1.165) is 18.4 Å². The summed E-state index contributed by atoms with van der Waals surface area (Å²) in [6, 6.07) is 8.67. The minimum atomic E-state index is -0.564. The van der Waals surface area contributed by atoms with Gasteiger partial charge in [0.1, 0.15) is 5.82 Å². The Labute approximate surface area is 139 Å². The van der Waals surface area contributed by atoms with Crippen LogP contribution < -0.4 is 20.5 Å². The predicted octanol–water partition coefficient (Wildman–Crippen LogP) is 1.83. The number of aromatic nitrogens is 1. The molecule has 124 valence electrons. The molecular formula is C17H17N3O4. The molecule has 4 rings (SSSR count). The quantitative estimate of drug-likeness (QED) is 0.891. The molecule has 0 radical (unpaired) electrons. The Morgan fingerprint density at radius 1 is 1.17 bits per heavy atom. The SMILES string of the molecule is NC(=O)c1ccc(NC(=O)C2(c3ccc4c(c3)OCO4)CC2)nc1.[HH]. The van der Waals surface area contributed by atoms with Crippen molar-refractivity contribution >= 4 is 17.6 Å². The van der Waals surface area contributed by atoms with Crippen LogP contribution in [0, 0.1) is 0 Å². The molecule has 0 saturated heterocycles. The van der Waals surface area contributed by atoms with E-state index in [4.69, 9.17) is 15.2 Å². The number of hydrogen-bond donors (Lipinski definition) is 2. The zero-order chi connectivity index (χ0) is 16.7. The molecule has 0 unspecified atom stereocenters. The molecular weight excluding hydrogens is 310 g/mol. The highest BCUT2D eigenvalue weighted by molar-refractivity contribution is 6.01. The summed E-state index contributed by atoms with van der Waals surface area (Å²) < 4.78 is 10.7. The van der Waals surface area contributed by atoms with E-state index in [1.165, 1.54) is 12.3 Å². The van der Waals surface area contributed by atoms with Crippen LogP contribution in [0.2, 0.25) is 0 Å². The van der Waals surface area contributed by atoms with Crippen LogP contribution in [0.25, 0.3) is 0 Å². The number of carbonyl (C=O) groups excluding carboxylic acids is 2. The normalized spacial score (nSPS) is 16.5. The van der Waals surface area contributed by atoms with Crippen molar-refractivity contribution in [2.75, 3.05) is 12.1 Å². The third-order valence-electron chi connectivity index (χ3n) is 4.40. The van der Waals surface area contributed by atoms with E-state index in [9.17, 15) is 9.59 Å². The van der Waals surface area contributed by atoms with Gasteiger partial charge in [-0.1, -0.05) is 6.07 Å². The molecule has 7 nitrogen and oxygen atoms in total. The second-order valence-corrected chi connectivity index (χ2v) is 5.90. The molecule has 1 aliphatic heterocycles. The van der Waals surface area contributed by atoms with E-state index in [1.807, 2.05) is 18.2 Å². The molecule has 2 amide bonds. The molecule has 1 aliphatic carbocycles. The predicted molar refractivity (Wildman–Crippen MR) is 87.0 cm³/mol. The molecule has 0 atom stereocenters. The van der Waals surface area contributed by atoms with Gasteiger partial charge in [0, 0.05) is 7.62 Å². The number of nitrogens with one attached hydrogen (secondary N) is 1. The van der Waals surface area contributed by atoms with Crippen LogP contribution in [0.5, 0.6) is 11.5 Å². The summed E-state index contributed by atoms with van der Waals surface area (Å²) in [4.78, 5) is 27.8. The maximum atomic E-state index is 12.7. The number of nitrogens with two attached hydrogens (primary N) is 1. The second kappa shape index (κ2) is 5.23. The summed E-state index contributed by atoms with van der Waals surface area (Å²) in [6.45, 7) is 0.202. The average molecular weight is 327 g/mol. The van der Waals surface area contributed by atoms with E-state index in [0.29, 0.717) is 22.9 Å². The van der Waals surface area contributed by atoms with Gasteiger partial charge >= 0.3 is 0 Å².